The maximum atomic E-state index is 12.2. The summed E-state index contributed by atoms with van der Waals surface area (Å²) in [6, 6.07) is 8.73. The second kappa shape index (κ2) is 6.26. The number of halogens is 1. The van der Waals surface area contributed by atoms with Crippen LogP contribution in [0.3, 0.4) is 0 Å². The van der Waals surface area contributed by atoms with E-state index in [2.05, 4.69) is 20.7 Å². The minimum Gasteiger partial charge on any atom is -0.399 e. The van der Waals surface area contributed by atoms with Crippen molar-refractivity contribution in [1.82, 2.24) is 4.72 Å². The van der Waals surface area contributed by atoms with Gasteiger partial charge in [-0.3, -0.25) is 0 Å². The van der Waals surface area contributed by atoms with Gasteiger partial charge < -0.3 is 5.73 Å². The van der Waals surface area contributed by atoms with Gasteiger partial charge in [0.1, 0.15) is 0 Å². The smallest absolute Gasteiger partial charge is 0.240 e. The topological polar surface area (TPSA) is 72.2 Å². The molecule has 4 nitrogen and oxygen atoms in total. The third kappa shape index (κ3) is 3.82. The van der Waals surface area contributed by atoms with Crippen molar-refractivity contribution in [1.29, 1.82) is 0 Å². The Labute approximate surface area is 131 Å². The molecule has 0 aliphatic rings. The Kier molecular flexibility index (Phi) is 4.85. The quantitative estimate of drug-likeness (QED) is 0.790. The Morgan fingerprint density at radius 2 is 2.05 bits per heavy atom. The van der Waals surface area contributed by atoms with E-state index >= 15 is 0 Å². The van der Waals surface area contributed by atoms with Gasteiger partial charge in [-0.2, -0.15) is 0 Å². The lowest BCUT2D eigenvalue weighted by Crippen LogP contribution is -2.26. The van der Waals surface area contributed by atoms with Crippen LogP contribution in [0.2, 0.25) is 0 Å². The largest absolute Gasteiger partial charge is 0.399 e. The van der Waals surface area contributed by atoms with Crippen molar-refractivity contribution in [2.45, 2.75) is 18.2 Å². The van der Waals surface area contributed by atoms with Gasteiger partial charge in [-0.15, -0.1) is 11.3 Å². The maximum Gasteiger partial charge on any atom is 0.240 e. The molecule has 0 aliphatic carbocycles. The number of hydrogen-bond acceptors (Lipinski definition) is 4. The molecule has 108 valence electrons. The van der Waals surface area contributed by atoms with Gasteiger partial charge in [0.2, 0.25) is 10.0 Å². The molecule has 1 aromatic carbocycles. The fraction of sp³-hybridized carbons (Fsp3) is 0.231. The van der Waals surface area contributed by atoms with Crippen molar-refractivity contribution in [3.8, 4) is 0 Å². The third-order valence-electron chi connectivity index (χ3n) is 2.78. The van der Waals surface area contributed by atoms with Gasteiger partial charge in [-0.25, -0.2) is 13.1 Å². The maximum absolute atomic E-state index is 12.2. The Hall–Kier alpha value is -0.890. The van der Waals surface area contributed by atoms with Crippen molar-refractivity contribution < 1.29 is 8.42 Å². The summed E-state index contributed by atoms with van der Waals surface area (Å²) in [6.45, 7) is 2.11. The van der Waals surface area contributed by atoms with E-state index in [0.717, 1.165) is 8.66 Å². The van der Waals surface area contributed by atoms with Crippen LogP contribution in [-0.2, 0) is 16.4 Å². The van der Waals surface area contributed by atoms with E-state index in [1.54, 1.807) is 30.4 Å². The number of nitrogen functional groups attached to an aromatic ring is 1. The first-order valence-electron chi connectivity index (χ1n) is 5.98. The molecule has 2 aromatic rings. The van der Waals surface area contributed by atoms with Gasteiger partial charge in [0.25, 0.3) is 0 Å². The number of benzene rings is 1. The number of sulfonamides is 1. The van der Waals surface area contributed by atoms with Crippen LogP contribution in [-0.4, -0.2) is 15.0 Å². The van der Waals surface area contributed by atoms with Gasteiger partial charge in [0.05, 0.1) is 8.68 Å². The van der Waals surface area contributed by atoms with Crippen LogP contribution in [0.25, 0.3) is 0 Å². The fourth-order valence-corrected chi connectivity index (χ4v) is 4.59. The van der Waals surface area contributed by atoms with Crippen molar-refractivity contribution in [3.05, 3.63) is 44.6 Å². The molecule has 20 heavy (non-hydrogen) atoms. The van der Waals surface area contributed by atoms with Crippen LogP contribution in [0.15, 0.2) is 39.0 Å². The van der Waals surface area contributed by atoms with Gasteiger partial charge in [-0.1, -0.05) is 0 Å². The molecular weight excluding hydrogens is 360 g/mol. The van der Waals surface area contributed by atoms with Crippen LogP contribution in [0, 0.1) is 6.92 Å². The van der Waals surface area contributed by atoms with Crippen LogP contribution in [0.1, 0.15) is 10.4 Å². The predicted molar refractivity (Wildman–Crippen MR) is 86.5 cm³/mol. The van der Waals surface area contributed by atoms with Crippen molar-refractivity contribution in [2.75, 3.05) is 12.3 Å². The van der Waals surface area contributed by atoms with E-state index < -0.39 is 10.0 Å². The van der Waals surface area contributed by atoms with Gasteiger partial charge in [0.15, 0.2) is 0 Å². The number of hydrogen-bond donors (Lipinski definition) is 2. The Balaban J connectivity index is 2.04. The lowest BCUT2D eigenvalue weighted by molar-refractivity contribution is 0.581. The first-order valence-corrected chi connectivity index (χ1v) is 9.08. The minimum atomic E-state index is -3.48. The van der Waals surface area contributed by atoms with Crippen molar-refractivity contribution in [3.63, 3.8) is 0 Å². The first kappa shape index (κ1) is 15.5. The number of nitrogens with one attached hydrogen (secondary N) is 1. The van der Waals surface area contributed by atoms with Crippen molar-refractivity contribution in [2.24, 2.45) is 0 Å². The minimum absolute atomic E-state index is 0.277. The first-order chi connectivity index (χ1) is 9.38. The lowest BCUT2D eigenvalue weighted by atomic mass is 10.2. The van der Waals surface area contributed by atoms with E-state index in [4.69, 9.17) is 5.73 Å². The number of aryl methyl sites for hydroxylation is 1. The number of rotatable bonds is 5. The molecule has 0 atom stereocenters. The summed E-state index contributed by atoms with van der Waals surface area (Å²) in [7, 11) is -3.48. The van der Waals surface area contributed by atoms with E-state index in [9.17, 15) is 8.42 Å². The highest BCUT2D eigenvalue weighted by Gasteiger charge is 2.16. The zero-order chi connectivity index (χ0) is 14.8. The molecule has 0 radical (unpaired) electrons. The fourth-order valence-electron chi connectivity index (χ4n) is 1.85. The molecular formula is C13H15BrN2O2S2. The second-order valence-electron chi connectivity index (χ2n) is 4.38. The van der Waals surface area contributed by atoms with Gasteiger partial charge >= 0.3 is 0 Å². The molecule has 7 heteroatoms. The molecule has 0 saturated heterocycles. The van der Waals surface area contributed by atoms with E-state index in [-0.39, 0.29) is 4.90 Å². The number of anilines is 1. The van der Waals surface area contributed by atoms with Crippen LogP contribution in [0.4, 0.5) is 5.69 Å². The molecule has 2 rings (SSSR count). The molecule has 0 aliphatic heterocycles. The summed E-state index contributed by atoms with van der Waals surface area (Å²) in [5.74, 6) is 0. The molecule has 3 N–H and O–H groups in total. The SMILES string of the molecule is Cc1cc(N)ccc1S(=O)(=O)NCCc1ccc(Br)s1. The van der Waals surface area contributed by atoms with Crippen LogP contribution >= 0.6 is 27.3 Å². The molecule has 0 spiro atoms. The molecule has 1 aromatic heterocycles. The van der Waals surface area contributed by atoms with Crippen LogP contribution < -0.4 is 10.5 Å². The lowest BCUT2D eigenvalue weighted by Gasteiger charge is -2.09. The molecule has 0 fully saturated rings. The van der Waals surface area contributed by atoms with Crippen LogP contribution in [0.5, 0.6) is 0 Å². The number of nitrogens with two attached hydrogens (primary N) is 1. The summed E-state index contributed by atoms with van der Waals surface area (Å²) < 4.78 is 28.1. The Morgan fingerprint density at radius 1 is 1.30 bits per heavy atom. The molecule has 0 bridgehead atoms. The molecule has 0 amide bonds. The summed E-state index contributed by atoms with van der Waals surface area (Å²) in [5, 5.41) is 0. The average Bonchev–Trinajstić information content (AvgIpc) is 2.74. The Bertz CT molecular complexity index is 711. The highest BCUT2D eigenvalue weighted by molar-refractivity contribution is 9.11. The summed E-state index contributed by atoms with van der Waals surface area (Å²) in [5.41, 5.74) is 6.84. The Morgan fingerprint density at radius 3 is 2.65 bits per heavy atom. The normalized spacial score (nSPS) is 11.7. The number of thiophene rings is 1. The summed E-state index contributed by atoms with van der Waals surface area (Å²) in [4.78, 5) is 1.41. The van der Waals surface area contributed by atoms with Gasteiger partial charge in [-0.05, 0) is 65.2 Å². The van der Waals surface area contributed by atoms with Crippen molar-refractivity contribution >= 4 is 43.0 Å². The van der Waals surface area contributed by atoms with E-state index in [1.165, 1.54) is 6.07 Å². The molecule has 0 saturated carbocycles. The summed E-state index contributed by atoms with van der Waals surface area (Å²) in [6.07, 6.45) is 0.670. The monoisotopic (exact) mass is 374 g/mol. The zero-order valence-electron chi connectivity index (χ0n) is 10.9. The second-order valence-corrected chi connectivity index (χ2v) is 8.66. The van der Waals surface area contributed by atoms with Gasteiger partial charge in [0, 0.05) is 17.1 Å². The van der Waals surface area contributed by atoms with E-state index in [0.29, 0.717) is 24.2 Å². The highest BCUT2D eigenvalue weighted by Crippen LogP contribution is 2.22. The standard InChI is InChI=1S/C13H15BrN2O2S2/c1-9-8-10(15)2-4-12(9)20(17,18)16-7-6-11-3-5-13(14)19-11/h2-5,8,16H,6-7,15H2,1H3. The third-order valence-corrected chi connectivity index (χ3v) is 6.09. The highest BCUT2D eigenvalue weighted by atomic mass is 79.9. The summed E-state index contributed by atoms with van der Waals surface area (Å²) >= 11 is 4.99. The molecule has 1 heterocycles. The average molecular weight is 375 g/mol. The predicted octanol–water partition coefficient (Wildman–Crippen LogP) is 2.92. The zero-order valence-corrected chi connectivity index (χ0v) is 14.1. The molecule has 0 unspecified atom stereocenters. The van der Waals surface area contributed by atoms with E-state index in [1.807, 2.05) is 12.1 Å².